The summed E-state index contributed by atoms with van der Waals surface area (Å²) in [7, 11) is 0. The van der Waals surface area contributed by atoms with E-state index in [1.807, 2.05) is 20.8 Å². The molecule has 1 N–H and O–H groups in total. The summed E-state index contributed by atoms with van der Waals surface area (Å²) in [4.78, 5) is 25.6. The zero-order valence-electron chi connectivity index (χ0n) is 10.4. The molecule has 5 nitrogen and oxygen atoms in total. The Balaban J connectivity index is 2.86. The third kappa shape index (κ3) is 2.65. The number of hydrogen-bond donors (Lipinski definition) is 1. The van der Waals surface area contributed by atoms with Crippen LogP contribution in [0, 0.1) is 5.41 Å². The molecule has 0 aromatic rings. The van der Waals surface area contributed by atoms with Gasteiger partial charge in [-0.2, -0.15) is 0 Å². The fourth-order valence-corrected chi connectivity index (χ4v) is 2.04. The minimum Gasteiger partial charge on any atom is -0.465 e. The number of hydrogen-bond acceptors (Lipinski definition) is 2. The van der Waals surface area contributed by atoms with Gasteiger partial charge in [0.2, 0.25) is 5.91 Å². The van der Waals surface area contributed by atoms with Crippen LogP contribution in [0.2, 0.25) is 0 Å². The van der Waals surface area contributed by atoms with Crippen molar-refractivity contribution in [3.05, 3.63) is 0 Å². The molecule has 1 unspecified atom stereocenters. The van der Waals surface area contributed by atoms with Crippen LogP contribution in [0.4, 0.5) is 4.79 Å². The lowest BCUT2D eigenvalue weighted by molar-refractivity contribution is -0.132. The van der Waals surface area contributed by atoms with E-state index in [1.54, 1.807) is 4.90 Å². The van der Waals surface area contributed by atoms with Gasteiger partial charge in [0.1, 0.15) is 0 Å². The van der Waals surface area contributed by atoms with Gasteiger partial charge in [0.15, 0.2) is 0 Å². The van der Waals surface area contributed by atoms with Crippen LogP contribution in [-0.2, 0) is 4.79 Å². The lowest BCUT2D eigenvalue weighted by atomic mass is 9.84. The largest absolute Gasteiger partial charge is 0.465 e. The second kappa shape index (κ2) is 4.31. The zero-order valence-corrected chi connectivity index (χ0v) is 10.4. The average molecular weight is 228 g/mol. The van der Waals surface area contributed by atoms with Gasteiger partial charge in [-0.1, -0.05) is 20.8 Å². The van der Waals surface area contributed by atoms with Crippen LogP contribution >= 0.6 is 0 Å². The number of piperazine rings is 1. The van der Waals surface area contributed by atoms with Crippen molar-refractivity contribution in [2.45, 2.75) is 33.7 Å². The molecular formula is C11H20N2O3. The van der Waals surface area contributed by atoms with Gasteiger partial charge < -0.3 is 14.9 Å². The Morgan fingerprint density at radius 2 is 1.81 bits per heavy atom. The maximum atomic E-state index is 11.3. The molecule has 0 bridgehead atoms. The second-order valence-electron chi connectivity index (χ2n) is 5.32. The third-order valence-corrected chi connectivity index (χ3v) is 3.07. The smallest absolute Gasteiger partial charge is 0.407 e. The summed E-state index contributed by atoms with van der Waals surface area (Å²) in [5.41, 5.74) is -0.160. The summed E-state index contributed by atoms with van der Waals surface area (Å²) in [5.74, 6) is 0.0132. The minimum atomic E-state index is -0.900. The molecule has 0 aromatic heterocycles. The molecule has 1 aliphatic heterocycles. The molecule has 1 aliphatic rings. The number of nitrogens with zero attached hydrogens (tertiary/aromatic N) is 2. The lowest BCUT2D eigenvalue weighted by Gasteiger charge is -2.45. The molecule has 5 heteroatoms. The Hall–Kier alpha value is -1.26. The Morgan fingerprint density at radius 3 is 2.19 bits per heavy atom. The van der Waals surface area contributed by atoms with Crippen molar-refractivity contribution in [2.24, 2.45) is 5.41 Å². The van der Waals surface area contributed by atoms with E-state index in [1.165, 1.54) is 11.8 Å². The Labute approximate surface area is 96.0 Å². The van der Waals surface area contributed by atoms with E-state index in [0.717, 1.165) is 0 Å². The van der Waals surface area contributed by atoms with Crippen molar-refractivity contribution in [1.29, 1.82) is 0 Å². The molecule has 1 rings (SSSR count). The monoisotopic (exact) mass is 228 g/mol. The minimum absolute atomic E-state index is 0.0132. The van der Waals surface area contributed by atoms with Crippen LogP contribution in [-0.4, -0.2) is 52.6 Å². The average Bonchev–Trinajstić information content (AvgIpc) is 2.15. The molecule has 0 spiro atoms. The molecule has 1 heterocycles. The van der Waals surface area contributed by atoms with Crippen molar-refractivity contribution in [1.82, 2.24) is 9.80 Å². The molecule has 16 heavy (non-hydrogen) atoms. The highest BCUT2D eigenvalue weighted by molar-refractivity contribution is 5.74. The molecule has 2 amide bonds. The first-order valence-electron chi connectivity index (χ1n) is 5.48. The third-order valence-electron chi connectivity index (χ3n) is 3.07. The van der Waals surface area contributed by atoms with Gasteiger partial charge in [-0.25, -0.2) is 4.79 Å². The highest BCUT2D eigenvalue weighted by Gasteiger charge is 2.38. The summed E-state index contributed by atoms with van der Waals surface area (Å²) >= 11 is 0. The number of carbonyl (C=O) groups is 2. The molecular weight excluding hydrogens is 208 g/mol. The van der Waals surface area contributed by atoms with E-state index in [4.69, 9.17) is 5.11 Å². The van der Waals surface area contributed by atoms with E-state index in [9.17, 15) is 9.59 Å². The van der Waals surface area contributed by atoms with Crippen LogP contribution in [0.15, 0.2) is 0 Å². The summed E-state index contributed by atoms with van der Waals surface area (Å²) in [6.07, 6.45) is -0.900. The van der Waals surface area contributed by atoms with Gasteiger partial charge in [-0.05, 0) is 5.41 Å². The summed E-state index contributed by atoms with van der Waals surface area (Å²) < 4.78 is 0. The first-order chi connectivity index (χ1) is 7.23. The lowest BCUT2D eigenvalue weighted by Crippen LogP contribution is -2.60. The van der Waals surface area contributed by atoms with E-state index < -0.39 is 6.09 Å². The predicted molar refractivity (Wildman–Crippen MR) is 60.2 cm³/mol. The van der Waals surface area contributed by atoms with Crippen LogP contribution < -0.4 is 0 Å². The number of carbonyl (C=O) groups excluding carboxylic acids is 1. The molecule has 1 atom stereocenters. The van der Waals surface area contributed by atoms with Gasteiger partial charge in [0.05, 0.1) is 6.04 Å². The van der Waals surface area contributed by atoms with Gasteiger partial charge in [0, 0.05) is 26.6 Å². The van der Waals surface area contributed by atoms with Crippen molar-refractivity contribution >= 4 is 12.0 Å². The van der Waals surface area contributed by atoms with Gasteiger partial charge in [-0.3, -0.25) is 4.79 Å². The summed E-state index contributed by atoms with van der Waals surface area (Å²) in [5, 5.41) is 9.12. The number of carboxylic acid groups (broad SMARTS) is 1. The first-order valence-corrected chi connectivity index (χ1v) is 5.48. The topological polar surface area (TPSA) is 60.9 Å². The highest BCUT2D eigenvalue weighted by Crippen LogP contribution is 2.27. The quantitative estimate of drug-likeness (QED) is 0.678. The maximum Gasteiger partial charge on any atom is 0.407 e. The molecule has 0 aliphatic carbocycles. The normalized spacial score (nSPS) is 22.1. The van der Waals surface area contributed by atoms with Crippen LogP contribution in [0.5, 0.6) is 0 Å². The molecule has 92 valence electrons. The van der Waals surface area contributed by atoms with E-state index in [2.05, 4.69) is 0 Å². The van der Waals surface area contributed by atoms with Crippen molar-refractivity contribution in [3.8, 4) is 0 Å². The summed E-state index contributed by atoms with van der Waals surface area (Å²) in [6, 6.07) is -0.136. The fourth-order valence-electron chi connectivity index (χ4n) is 2.04. The number of amides is 2. The molecule has 1 saturated heterocycles. The Bertz CT molecular complexity index is 296. The van der Waals surface area contributed by atoms with Gasteiger partial charge >= 0.3 is 6.09 Å². The van der Waals surface area contributed by atoms with Crippen molar-refractivity contribution < 1.29 is 14.7 Å². The van der Waals surface area contributed by atoms with E-state index >= 15 is 0 Å². The van der Waals surface area contributed by atoms with E-state index in [-0.39, 0.29) is 17.4 Å². The zero-order chi connectivity index (χ0) is 12.5. The maximum absolute atomic E-state index is 11.3. The fraction of sp³-hybridized carbons (Fsp3) is 0.818. The predicted octanol–water partition coefficient (Wildman–Crippen LogP) is 1.24. The van der Waals surface area contributed by atoms with Crippen molar-refractivity contribution in [3.63, 3.8) is 0 Å². The summed E-state index contributed by atoms with van der Waals surface area (Å²) in [6.45, 7) is 8.90. The first kappa shape index (κ1) is 12.8. The van der Waals surface area contributed by atoms with Crippen LogP contribution in [0.25, 0.3) is 0 Å². The Morgan fingerprint density at radius 1 is 1.25 bits per heavy atom. The SMILES string of the molecule is CC(=O)N1CCN(C(=O)O)C(C(C)(C)C)C1. The number of rotatable bonds is 0. The van der Waals surface area contributed by atoms with Crippen LogP contribution in [0.3, 0.4) is 0 Å². The van der Waals surface area contributed by atoms with Gasteiger partial charge in [0.25, 0.3) is 0 Å². The standard InChI is InChI=1S/C11H20N2O3/c1-8(14)12-5-6-13(10(15)16)9(7-12)11(2,3)4/h9H,5-7H2,1-4H3,(H,15,16). The molecule has 0 radical (unpaired) electrons. The molecule has 0 aromatic carbocycles. The second-order valence-corrected chi connectivity index (χ2v) is 5.32. The van der Waals surface area contributed by atoms with Gasteiger partial charge in [-0.15, -0.1) is 0 Å². The van der Waals surface area contributed by atoms with E-state index in [0.29, 0.717) is 19.6 Å². The highest BCUT2D eigenvalue weighted by atomic mass is 16.4. The van der Waals surface area contributed by atoms with Crippen molar-refractivity contribution in [2.75, 3.05) is 19.6 Å². The molecule has 1 fully saturated rings. The molecule has 0 saturated carbocycles. The Kier molecular flexibility index (Phi) is 3.45. The van der Waals surface area contributed by atoms with Crippen LogP contribution in [0.1, 0.15) is 27.7 Å².